The van der Waals surface area contributed by atoms with Crippen molar-refractivity contribution in [1.82, 2.24) is 0 Å². The molecule has 0 amide bonds. The van der Waals surface area contributed by atoms with Gasteiger partial charge in [0, 0.05) is 13.8 Å². The first-order chi connectivity index (χ1) is 6.43. The zero-order valence-corrected chi connectivity index (χ0v) is 8.02. The van der Waals surface area contributed by atoms with Gasteiger partial charge in [0.15, 0.2) is 11.6 Å². The van der Waals surface area contributed by atoms with Gasteiger partial charge in [0.25, 0.3) is 0 Å². The molecule has 0 saturated heterocycles. The lowest BCUT2D eigenvalue weighted by Gasteiger charge is -1.88. The lowest BCUT2D eigenvalue weighted by molar-refractivity contribution is -0.134. The molecule has 2 N–H and O–H groups in total. The monoisotopic (exact) mass is 196 g/mol. The lowest BCUT2D eigenvalue weighted by atomic mass is 10.3. The molecule has 14 heavy (non-hydrogen) atoms. The van der Waals surface area contributed by atoms with Gasteiger partial charge in [0.1, 0.15) is 11.5 Å². The molecule has 76 valence electrons. The molecule has 4 nitrogen and oxygen atoms in total. The second-order valence-corrected chi connectivity index (χ2v) is 2.63. The summed E-state index contributed by atoms with van der Waals surface area (Å²) in [5.74, 6) is -0.421. The summed E-state index contributed by atoms with van der Waals surface area (Å²) in [5.41, 5.74) is 0. The molecule has 0 saturated carbocycles. The Bertz CT molecular complexity index is 280. The van der Waals surface area contributed by atoms with Crippen molar-refractivity contribution in [3.63, 3.8) is 0 Å². The van der Waals surface area contributed by atoms with Crippen LogP contribution in [0, 0.1) is 0 Å². The van der Waals surface area contributed by atoms with Crippen LogP contribution < -0.4 is 0 Å². The van der Waals surface area contributed by atoms with Gasteiger partial charge in [-0.1, -0.05) is 0 Å². The minimum absolute atomic E-state index is 0.169. The van der Waals surface area contributed by atoms with Gasteiger partial charge >= 0.3 is 0 Å². The van der Waals surface area contributed by atoms with E-state index in [1.807, 2.05) is 0 Å². The van der Waals surface area contributed by atoms with E-state index >= 15 is 0 Å². The van der Waals surface area contributed by atoms with Crippen LogP contribution in [-0.2, 0) is 9.59 Å². The normalized spacial score (nSPS) is 8.43. The van der Waals surface area contributed by atoms with Crippen molar-refractivity contribution >= 4 is 11.6 Å². The van der Waals surface area contributed by atoms with Crippen LogP contribution >= 0.6 is 0 Å². The summed E-state index contributed by atoms with van der Waals surface area (Å²) in [6.07, 6.45) is 0. The highest BCUT2D eigenvalue weighted by atomic mass is 16.3. The van der Waals surface area contributed by atoms with Crippen LogP contribution in [0.4, 0.5) is 0 Å². The molecule has 0 unspecified atom stereocenters. The predicted molar refractivity (Wildman–Crippen MR) is 51.1 cm³/mol. The number of aromatic hydroxyl groups is 2. The number of hydrogen-bond acceptors (Lipinski definition) is 4. The molecule has 0 heterocycles. The number of carbonyl (C=O) groups excluding carboxylic acids is 2. The number of benzene rings is 1. The second-order valence-electron chi connectivity index (χ2n) is 2.63. The van der Waals surface area contributed by atoms with Gasteiger partial charge in [0.2, 0.25) is 0 Å². The molecule has 0 radical (unpaired) electrons. The summed E-state index contributed by atoms with van der Waals surface area (Å²) >= 11 is 0. The van der Waals surface area contributed by atoms with Crippen LogP contribution in [0.1, 0.15) is 13.8 Å². The third-order valence-corrected chi connectivity index (χ3v) is 1.35. The fourth-order valence-electron chi connectivity index (χ4n) is 0.453. The molecule has 0 spiro atoms. The molecular weight excluding hydrogens is 184 g/mol. The van der Waals surface area contributed by atoms with Gasteiger partial charge in [0.05, 0.1) is 0 Å². The Kier molecular flexibility index (Phi) is 4.99. The summed E-state index contributed by atoms with van der Waals surface area (Å²) < 4.78 is 0. The third kappa shape index (κ3) is 5.77. The Morgan fingerprint density at radius 3 is 1.21 bits per heavy atom. The van der Waals surface area contributed by atoms with E-state index in [1.54, 1.807) is 0 Å². The van der Waals surface area contributed by atoms with Crippen molar-refractivity contribution in [3.05, 3.63) is 24.3 Å². The van der Waals surface area contributed by atoms with E-state index in [9.17, 15) is 9.59 Å². The minimum Gasteiger partial charge on any atom is -0.508 e. The smallest absolute Gasteiger partial charge is 0.195 e. The topological polar surface area (TPSA) is 74.6 Å². The fraction of sp³-hybridized carbons (Fsp3) is 0.200. The fourth-order valence-corrected chi connectivity index (χ4v) is 0.453. The van der Waals surface area contributed by atoms with Gasteiger partial charge < -0.3 is 10.2 Å². The zero-order chi connectivity index (χ0) is 11.1. The molecule has 4 heteroatoms. The first-order valence-corrected chi connectivity index (χ1v) is 3.93. The standard InChI is InChI=1S/C6H6O2.C4H6O2/c7-5-1-2-6(8)4-3-5;1-3(5)4(2)6/h1-4,7-8H;1-2H3. The molecule has 0 aliphatic rings. The van der Waals surface area contributed by atoms with Crippen molar-refractivity contribution in [2.45, 2.75) is 13.8 Å². The molecule has 0 bridgehead atoms. The number of rotatable bonds is 1. The third-order valence-electron chi connectivity index (χ3n) is 1.35. The number of Topliss-reactive ketones (excluding diaryl/α,β-unsaturated/α-hetero) is 2. The maximum Gasteiger partial charge on any atom is 0.195 e. The highest BCUT2D eigenvalue weighted by Crippen LogP contribution is 2.13. The number of phenolic OH excluding ortho intramolecular Hbond substituents is 2. The van der Waals surface area contributed by atoms with Crippen LogP contribution in [0.2, 0.25) is 0 Å². The summed E-state index contributed by atoms with van der Waals surface area (Å²) in [5, 5.41) is 17.3. The quantitative estimate of drug-likeness (QED) is 0.523. The Hall–Kier alpha value is -1.84. The van der Waals surface area contributed by atoms with Crippen molar-refractivity contribution in [1.29, 1.82) is 0 Å². The summed E-state index contributed by atoms with van der Waals surface area (Å²) in [6.45, 7) is 2.50. The van der Waals surface area contributed by atoms with Crippen molar-refractivity contribution in [3.8, 4) is 11.5 Å². The van der Waals surface area contributed by atoms with E-state index < -0.39 is 0 Å². The van der Waals surface area contributed by atoms with Gasteiger partial charge in [-0.25, -0.2) is 0 Å². The average molecular weight is 196 g/mol. The Balaban J connectivity index is 0.000000255. The van der Waals surface area contributed by atoms with Crippen LogP contribution in [0.3, 0.4) is 0 Å². The van der Waals surface area contributed by atoms with E-state index in [4.69, 9.17) is 10.2 Å². The van der Waals surface area contributed by atoms with Crippen molar-refractivity contribution < 1.29 is 19.8 Å². The molecule has 1 rings (SSSR count). The maximum absolute atomic E-state index is 9.79. The van der Waals surface area contributed by atoms with Crippen LogP contribution in [0.25, 0.3) is 0 Å². The summed E-state index contributed by atoms with van der Waals surface area (Å²) in [4.78, 5) is 19.6. The maximum atomic E-state index is 9.79. The largest absolute Gasteiger partial charge is 0.508 e. The number of hydrogen-bond donors (Lipinski definition) is 2. The van der Waals surface area contributed by atoms with Gasteiger partial charge in [-0.2, -0.15) is 0 Å². The molecular formula is C10H12O4. The zero-order valence-electron chi connectivity index (χ0n) is 8.02. The molecule has 0 aliphatic heterocycles. The molecule has 1 aromatic carbocycles. The average Bonchev–Trinajstić information content (AvgIpc) is 2.11. The van der Waals surface area contributed by atoms with Crippen LogP contribution in [0.15, 0.2) is 24.3 Å². The van der Waals surface area contributed by atoms with Crippen LogP contribution in [0.5, 0.6) is 11.5 Å². The van der Waals surface area contributed by atoms with Gasteiger partial charge in [-0.05, 0) is 24.3 Å². The van der Waals surface area contributed by atoms with E-state index in [-0.39, 0.29) is 23.1 Å². The first kappa shape index (κ1) is 12.2. The molecule has 0 aromatic heterocycles. The van der Waals surface area contributed by atoms with Gasteiger partial charge in [-0.3, -0.25) is 9.59 Å². The van der Waals surface area contributed by atoms with E-state index in [2.05, 4.69) is 0 Å². The molecule has 0 fully saturated rings. The minimum atomic E-state index is -0.380. The first-order valence-electron chi connectivity index (χ1n) is 3.93. The number of carbonyl (C=O) groups is 2. The Morgan fingerprint density at radius 2 is 1.07 bits per heavy atom. The molecule has 0 atom stereocenters. The van der Waals surface area contributed by atoms with E-state index in [0.29, 0.717) is 0 Å². The molecule has 1 aromatic rings. The highest BCUT2D eigenvalue weighted by molar-refractivity contribution is 6.35. The SMILES string of the molecule is CC(=O)C(C)=O.Oc1ccc(O)cc1. The van der Waals surface area contributed by atoms with E-state index in [1.165, 1.54) is 38.1 Å². The molecule has 0 aliphatic carbocycles. The van der Waals surface area contributed by atoms with Crippen LogP contribution in [-0.4, -0.2) is 21.8 Å². The Morgan fingerprint density at radius 1 is 0.857 bits per heavy atom. The second kappa shape index (κ2) is 5.75. The van der Waals surface area contributed by atoms with Crippen molar-refractivity contribution in [2.75, 3.05) is 0 Å². The van der Waals surface area contributed by atoms with Gasteiger partial charge in [-0.15, -0.1) is 0 Å². The lowest BCUT2D eigenvalue weighted by Crippen LogP contribution is -2.01. The summed E-state index contributed by atoms with van der Waals surface area (Å²) in [7, 11) is 0. The predicted octanol–water partition coefficient (Wildman–Crippen LogP) is 1.26. The van der Waals surface area contributed by atoms with Crippen molar-refractivity contribution in [2.24, 2.45) is 0 Å². The Labute approximate surface area is 81.8 Å². The number of phenols is 2. The van der Waals surface area contributed by atoms with E-state index in [0.717, 1.165) is 0 Å². The highest BCUT2D eigenvalue weighted by Gasteiger charge is 1.94. The number of ketones is 2. The summed E-state index contributed by atoms with van der Waals surface area (Å²) in [6, 6.07) is 5.70.